The molecule has 0 unspecified atom stereocenters. The Hall–Kier alpha value is -1.81. The summed E-state index contributed by atoms with van der Waals surface area (Å²) >= 11 is 0. The first-order valence-corrected chi connectivity index (χ1v) is 4.58. The van der Waals surface area contributed by atoms with Crippen molar-refractivity contribution in [1.82, 2.24) is 4.98 Å². The Morgan fingerprint density at radius 2 is 2.14 bits per heavy atom. The standard InChI is InChI=1S/C13H11N/c1-3-4-11-7-10(2)13-5-6-14-9-12(13)8-11/h5-9H,1-2H3. The Morgan fingerprint density at radius 1 is 1.29 bits per heavy atom. The van der Waals surface area contributed by atoms with Crippen molar-refractivity contribution in [2.24, 2.45) is 0 Å². The second-order valence-corrected chi connectivity index (χ2v) is 3.26. The van der Waals surface area contributed by atoms with Gasteiger partial charge in [0, 0.05) is 23.3 Å². The number of aryl methyl sites for hydroxylation is 1. The van der Waals surface area contributed by atoms with Crippen LogP contribution in [0.5, 0.6) is 0 Å². The van der Waals surface area contributed by atoms with Crippen molar-refractivity contribution >= 4 is 10.8 Å². The van der Waals surface area contributed by atoms with E-state index < -0.39 is 0 Å². The van der Waals surface area contributed by atoms with E-state index in [1.165, 1.54) is 10.9 Å². The first-order chi connectivity index (χ1) is 6.81. The van der Waals surface area contributed by atoms with Crippen LogP contribution in [0.15, 0.2) is 30.6 Å². The first-order valence-electron chi connectivity index (χ1n) is 4.58. The van der Waals surface area contributed by atoms with Gasteiger partial charge in [0.1, 0.15) is 0 Å². The van der Waals surface area contributed by atoms with Gasteiger partial charge in [0.15, 0.2) is 0 Å². The molecule has 2 rings (SSSR count). The van der Waals surface area contributed by atoms with Crippen molar-refractivity contribution in [2.75, 3.05) is 0 Å². The first kappa shape index (κ1) is 8.77. The van der Waals surface area contributed by atoms with Gasteiger partial charge in [0.25, 0.3) is 0 Å². The maximum absolute atomic E-state index is 4.11. The van der Waals surface area contributed by atoms with Crippen LogP contribution >= 0.6 is 0 Å². The second-order valence-electron chi connectivity index (χ2n) is 3.26. The lowest BCUT2D eigenvalue weighted by atomic mass is 10.0. The minimum Gasteiger partial charge on any atom is -0.264 e. The third-order valence-corrected chi connectivity index (χ3v) is 2.23. The van der Waals surface area contributed by atoms with Gasteiger partial charge >= 0.3 is 0 Å². The van der Waals surface area contributed by atoms with Crippen LogP contribution in [0.25, 0.3) is 10.8 Å². The summed E-state index contributed by atoms with van der Waals surface area (Å²) < 4.78 is 0. The summed E-state index contributed by atoms with van der Waals surface area (Å²) in [6, 6.07) is 6.22. The summed E-state index contributed by atoms with van der Waals surface area (Å²) in [6.45, 7) is 3.95. The lowest BCUT2D eigenvalue weighted by Crippen LogP contribution is -1.83. The molecule has 1 heteroatoms. The topological polar surface area (TPSA) is 12.9 Å². The zero-order valence-electron chi connectivity index (χ0n) is 8.33. The van der Waals surface area contributed by atoms with Crippen LogP contribution in [0.1, 0.15) is 18.1 Å². The summed E-state index contributed by atoms with van der Waals surface area (Å²) in [4.78, 5) is 4.11. The monoisotopic (exact) mass is 181 g/mol. The van der Waals surface area contributed by atoms with Crippen LogP contribution < -0.4 is 0 Å². The van der Waals surface area contributed by atoms with Gasteiger partial charge in [-0.3, -0.25) is 4.98 Å². The number of hydrogen-bond acceptors (Lipinski definition) is 1. The highest BCUT2D eigenvalue weighted by molar-refractivity contribution is 5.86. The van der Waals surface area contributed by atoms with E-state index in [1.54, 1.807) is 0 Å². The molecule has 0 aliphatic carbocycles. The summed E-state index contributed by atoms with van der Waals surface area (Å²) in [6.07, 6.45) is 3.70. The van der Waals surface area contributed by atoms with Crippen molar-refractivity contribution in [3.63, 3.8) is 0 Å². The van der Waals surface area contributed by atoms with E-state index in [9.17, 15) is 0 Å². The lowest BCUT2D eigenvalue weighted by Gasteiger charge is -2.01. The van der Waals surface area contributed by atoms with Gasteiger partial charge in [-0.15, -0.1) is 5.92 Å². The molecule has 0 radical (unpaired) electrons. The molecule has 0 saturated carbocycles. The Morgan fingerprint density at radius 3 is 2.93 bits per heavy atom. The predicted octanol–water partition coefficient (Wildman–Crippen LogP) is 2.91. The fourth-order valence-electron chi connectivity index (χ4n) is 1.62. The quantitative estimate of drug-likeness (QED) is 0.569. The SMILES string of the molecule is CC#Cc1cc(C)c2ccncc2c1. The molecule has 0 N–H and O–H groups in total. The fraction of sp³-hybridized carbons (Fsp3) is 0.154. The van der Waals surface area contributed by atoms with E-state index in [-0.39, 0.29) is 0 Å². The van der Waals surface area contributed by atoms with Gasteiger partial charge in [0.2, 0.25) is 0 Å². The van der Waals surface area contributed by atoms with Crippen molar-refractivity contribution in [3.05, 3.63) is 41.7 Å². The molecule has 1 aromatic heterocycles. The molecule has 0 amide bonds. The molecule has 0 saturated heterocycles. The van der Waals surface area contributed by atoms with Crippen molar-refractivity contribution in [3.8, 4) is 11.8 Å². The Balaban J connectivity index is 2.76. The number of fused-ring (bicyclic) bond motifs is 1. The van der Waals surface area contributed by atoms with Gasteiger partial charge in [0.05, 0.1) is 0 Å². The van der Waals surface area contributed by atoms with Crippen LogP contribution in [0.4, 0.5) is 0 Å². The van der Waals surface area contributed by atoms with E-state index >= 15 is 0 Å². The van der Waals surface area contributed by atoms with Gasteiger partial charge in [-0.25, -0.2) is 0 Å². The molecule has 0 aliphatic heterocycles. The highest BCUT2D eigenvalue weighted by Crippen LogP contribution is 2.18. The summed E-state index contributed by atoms with van der Waals surface area (Å²) in [5.41, 5.74) is 2.31. The van der Waals surface area contributed by atoms with E-state index in [4.69, 9.17) is 0 Å². The molecular weight excluding hydrogens is 170 g/mol. The third-order valence-electron chi connectivity index (χ3n) is 2.23. The minimum absolute atomic E-state index is 1.06. The van der Waals surface area contributed by atoms with Gasteiger partial charge < -0.3 is 0 Å². The van der Waals surface area contributed by atoms with E-state index in [0.717, 1.165) is 10.9 Å². The smallest absolute Gasteiger partial charge is 0.0346 e. The van der Waals surface area contributed by atoms with Crippen LogP contribution in [0.3, 0.4) is 0 Å². The summed E-state index contributed by atoms with van der Waals surface area (Å²) in [5, 5.41) is 2.41. The molecule has 1 nitrogen and oxygen atoms in total. The molecule has 2 aromatic rings. The number of nitrogens with zero attached hydrogens (tertiary/aromatic N) is 1. The highest BCUT2D eigenvalue weighted by Gasteiger charge is 1.98. The van der Waals surface area contributed by atoms with Crippen LogP contribution in [-0.2, 0) is 0 Å². The fourth-order valence-corrected chi connectivity index (χ4v) is 1.62. The largest absolute Gasteiger partial charge is 0.264 e. The van der Waals surface area contributed by atoms with Crippen molar-refractivity contribution < 1.29 is 0 Å². The average Bonchev–Trinajstić information content (AvgIpc) is 2.18. The predicted molar refractivity (Wildman–Crippen MR) is 59.0 cm³/mol. The second kappa shape index (κ2) is 3.51. The Kier molecular flexibility index (Phi) is 2.20. The zero-order valence-corrected chi connectivity index (χ0v) is 8.33. The van der Waals surface area contributed by atoms with E-state index in [2.05, 4.69) is 35.9 Å². The third kappa shape index (κ3) is 1.47. The lowest BCUT2D eigenvalue weighted by molar-refractivity contribution is 1.35. The van der Waals surface area contributed by atoms with Crippen LogP contribution in [0, 0.1) is 18.8 Å². The minimum atomic E-state index is 1.06. The zero-order chi connectivity index (χ0) is 9.97. The molecule has 0 fully saturated rings. The van der Waals surface area contributed by atoms with Gasteiger partial charge in [-0.05, 0) is 43.0 Å². The van der Waals surface area contributed by atoms with E-state index in [1.807, 2.05) is 25.4 Å². The Labute approximate surface area is 83.8 Å². The summed E-state index contributed by atoms with van der Waals surface area (Å²) in [5.74, 6) is 5.97. The Bertz CT molecular complexity index is 530. The molecule has 0 bridgehead atoms. The van der Waals surface area contributed by atoms with Gasteiger partial charge in [-0.1, -0.05) is 5.92 Å². The molecule has 68 valence electrons. The number of pyridine rings is 1. The van der Waals surface area contributed by atoms with Crippen LogP contribution in [0.2, 0.25) is 0 Å². The highest BCUT2D eigenvalue weighted by atomic mass is 14.6. The average molecular weight is 181 g/mol. The molecule has 0 spiro atoms. The maximum atomic E-state index is 4.11. The molecule has 1 aromatic carbocycles. The normalized spacial score (nSPS) is 9.57. The van der Waals surface area contributed by atoms with Gasteiger partial charge in [-0.2, -0.15) is 0 Å². The van der Waals surface area contributed by atoms with Crippen LogP contribution in [-0.4, -0.2) is 4.98 Å². The number of aromatic nitrogens is 1. The number of rotatable bonds is 0. The van der Waals surface area contributed by atoms with Crippen molar-refractivity contribution in [2.45, 2.75) is 13.8 Å². The number of hydrogen-bond donors (Lipinski definition) is 0. The van der Waals surface area contributed by atoms with E-state index in [0.29, 0.717) is 0 Å². The maximum Gasteiger partial charge on any atom is 0.0346 e. The molecule has 14 heavy (non-hydrogen) atoms. The molecule has 0 atom stereocenters. The van der Waals surface area contributed by atoms with Crippen molar-refractivity contribution in [1.29, 1.82) is 0 Å². The number of benzene rings is 1. The molecule has 1 heterocycles. The molecular formula is C13H11N. The molecule has 0 aliphatic rings. The summed E-state index contributed by atoms with van der Waals surface area (Å²) in [7, 11) is 0.